The van der Waals surface area contributed by atoms with Gasteiger partial charge in [0.05, 0.1) is 0 Å². The first-order valence-electron chi connectivity index (χ1n) is 7.75. The fourth-order valence-electron chi connectivity index (χ4n) is 2.78. The summed E-state index contributed by atoms with van der Waals surface area (Å²) in [5.41, 5.74) is 15.3. The molecule has 6 N–H and O–H groups in total. The van der Waals surface area contributed by atoms with Crippen molar-refractivity contribution in [3.63, 3.8) is 0 Å². The van der Waals surface area contributed by atoms with Crippen LogP contribution in [0.15, 0.2) is 48.5 Å². The van der Waals surface area contributed by atoms with Gasteiger partial charge in [0.25, 0.3) is 0 Å². The van der Waals surface area contributed by atoms with E-state index in [1.54, 1.807) is 12.1 Å². The van der Waals surface area contributed by atoms with Crippen molar-refractivity contribution in [2.75, 3.05) is 11.5 Å². The molecule has 0 aliphatic rings. The van der Waals surface area contributed by atoms with Crippen molar-refractivity contribution in [2.24, 2.45) is 0 Å². The second kappa shape index (κ2) is 5.79. The Labute approximate surface area is 143 Å². The number of nitrogens with one attached hydrogen (secondary N) is 1. The lowest BCUT2D eigenvalue weighted by Gasteiger charge is -2.05. The SMILES string of the molecule is Nc1nc(N)c2nc(Cc3ccc(-c4ccccc4O)cc3)[nH]c2n1. The number of aromatic hydroxyl groups is 1. The maximum atomic E-state index is 9.95. The molecule has 4 rings (SSSR count). The zero-order valence-corrected chi connectivity index (χ0v) is 13.3. The summed E-state index contributed by atoms with van der Waals surface area (Å²) in [6.07, 6.45) is 0.594. The van der Waals surface area contributed by atoms with Crippen LogP contribution in [-0.2, 0) is 6.42 Å². The van der Waals surface area contributed by atoms with E-state index in [1.807, 2.05) is 36.4 Å². The fraction of sp³-hybridized carbons (Fsp3) is 0.0556. The molecule has 2 aromatic heterocycles. The molecule has 0 unspecified atom stereocenters. The summed E-state index contributed by atoms with van der Waals surface area (Å²) in [6.45, 7) is 0. The highest BCUT2D eigenvalue weighted by Crippen LogP contribution is 2.29. The molecule has 0 radical (unpaired) electrons. The third kappa shape index (κ3) is 2.83. The highest BCUT2D eigenvalue weighted by molar-refractivity contribution is 5.82. The van der Waals surface area contributed by atoms with E-state index in [4.69, 9.17) is 11.5 Å². The number of nitrogens with zero attached hydrogens (tertiary/aromatic N) is 3. The number of aromatic amines is 1. The Morgan fingerprint density at radius 1 is 0.920 bits per heavy atom. The highest BCUT2D eigenvalue weighted by Gasteiger charge is 2.10. The molecule has 0 saturated heterocycles. The van der Waals surface area contributed by atoms with Crippen molar-refractivity contribution in [1.82, 2.24) is 19.9 Å². The van der Waals surface area contributed by atoms with E-state index in [2.05, 4.69) is 19.9 Å². The van der Waals surface area contributed by atoms with Gasteiger partial charge >= 0.3 is 0 Å². The van der Waals surface area contributed by atoms with Gasteiger partial charge in [0.15, 0.2) is 17.0 Å². The van der Waals surface area contributed by atoms with Crippen LogP contribution in [0.25, 0.3) is 22.3 Å². The molecule has 7 nitrogen and oxygen atoms in total. The van der Waals surface area contributed by atoms with Crippen LogP contribution in [-0.4, -0.2) is 25.0 Å². The number of para-hydroxylation sites is 1. The molecular formula is C18H16N6O. The van der Waals surface area contributed by atoms with Gasteiger partial charge < -0.3 is 21.6 Å². The molecule has 0 atom stereocenters. The van der Waals surface area contributed by atoms with Crippen LogP contribution in [0, 0.1) is 0 Å². The summed E-state index contributed by atoms with van der Waals surface area (Å²) in [6, 6.07) is 15.2. The van der Waals surface area contributed by atoms with E-state index in [0.29, 0.717) is 17.6 Å². The van der Waals surface area contributed by atoms with Crippen LogP contribution in [0.4, 0.5) is 11.8 Å². The number of hydrogen-bond acceptors (Lipinski definition) is 6. The number of hydrogen-bond donors (Lipinski definition) is 4. The van der Waals surface area contributed by atoms with Crippen molar-refractivity contribution in [2.45, 2.75) is 6.42 Å². The van der Waals surface area contributed by atoms with Crippen LogP contribution in [0.1, 0.15) is 11.4 Å². The molecular weight excluding hydrogens is 316 g/mol. The van der Waals surface area contributed by atoms with Gasteiger partial charge in [-0.1, -0.05) is 42.5 Å². The van der Waals surface area contributed by atoms with E-state index >= 15 is 0 Å². The molecule has 0 spiro atoms. The predicted molar refractivity (Wildman–Crippen MR) is 96.9 cm³/mol. The van der Waals surface area contributed by atoms with Crippen molar-refractivity contribution < 1.29 is 5.11 Å². The van der Waals surface area contributed by atoms with Gasteiger partial charge in [0.2, 0.25) is 5.95 Å². The standard InChI is InChI=1S/C18H16N6O/c19-16-15-17(24-18(20)23-16)22-14(21-15)9-10-5-7-11(8-6-10)12-3-1-2-4-13(12)25/h1-8,25H,9H2,(H5,19,20,21,22,23,24). The fourth-order valence-corrected chi connectivity index (χ4v) is 2.78. The Balaban J connectivity index is 1.61. The number of fused-ring (bicyclic) bond motifs is 1. The molecule has 2 heterocycles. The van der Waals surface area contributed by atoms with E-state index in [9.17, 15) is 5.11 Å². The monoisotopic (exact) mass is 332 g/mol. The molecule has 0 aliphatic heterocycles. The Hall–Kier alpha value is -3.61. The van der Waals surface area contributed by atoms with E-state index < -0.39 is 0 Å². The first-order chi connectivity index (χ1) is 12.1. The third-order valence-corrected chi connectivity index (χ3v) is 3.98. The summed E-state index contributed by atoms with van der Waals surface area (Å²) < 4.78 is 0. The Morgan fingerprint density at radius 2 is 1.68 bits per heavy atom. The average Bonchev–Trinajstić information content (AvgIpc) is 2.99. The molecule has 25 heavy (non-hydrogen) atoms. The van der Waals surface area contributed by atoms with Crippen molar-refractivity contribution in [3.8, 4) is 16.9 Å². The van der Waals surface area contributed by atoms with Gasteiger partial charge in [-0.2, -0.15) is 9.97 Å². The second-order valence-corrected chi connectivity index (χ2v) is 5.74. The van der Waals surface area contributed by atoms with Crippen LogP contribution >= 0.6 is 0 Å². The van der Waals surface area contributed by atoms with E-state index in [0.717, 1.165) is 22.5 Å². The smallest absolute Gasteiger partial charge is 0.224 e. The molecule has 0 bridgehead atoms. The Kier molecular flexibility index (Phi) is 3.46. The maximum absolute atomic E-state index is 9.95. The molecule has 0 aliphatic carbocycles. The molecule has 0 saturated carbocycles. The second-order valence-electron chi connectivity index (χ2n) is 5.74. The summed E-state index contributed by atoms with van der Waals surface area (Å²) in [4.78, 5) is 15.6. The summed E-state index contributed by atoms with van der Waals surface area (Å²) in [5, 5.41) is 9.95. The highest BCUT2D eigenvalue weighted by atomic mass is 16.3. The van der Waals surface area contributed by atoms with Gasteiger partial charge in [-0.05, 0) is 17.2 Å². The molecule has 0 amide bonds. The lowest BCUT2D eigenvalue weighted by molar-refractivity contribution is 0.477. The van der Waals surface area contributed by atoms with Crippen LogP contribution in [0.5, 0.6) is 5.75 Å². The van der Waals surface area contributed by atoms with E-state index in [1.165, 1.54) is 0 Å². The summed E-state index contributed by atoms with van der Waals surface area (Å²) in [5.74, 6) is 1.38. The van der Waals surface area contributed by atoms with Crippen molar-refractivity contribution in [3.05, 3.63) is 59.9 Å². The number of nitrogens with two attached hydrogens (primary N) is 2. The number of phenolic OH excluding ortho intramolecular Hbond substituents is 1. The van der Waals surface area contributed by atoms with Crippen LogP contribution < -0.4 is 11.5 Å². The Bertz CT molecular complexity index is 1060. The van der Waals surface area contributed by atoms with Crippen LogP contribution in [0.2, 0.25) is 0 Å². The van der Waals surface area contributed by atoms with Gasteiger partial charge in [-0.25, -0.2) is 4.98 Å². The minimum Gasteiger partial charge on any atom is -0.507 e. The minimum atomic E-state index is 0.118. The molecule has 7 heteroatoms. The van der Waals surface area contributed by atoms with Gasteiger partial charge in [0, 0.05) is 12.0 Å². The largest absolute Gasteiger partial charge is 0.507 e. The normalized spacial score (nSPS) is 11.0. The number of nitrogen functional groups attached to an aromatic ring is 2. The maximum Gasteiger partial charge on any atom is 0.224 e. The summed E-state index contributed by atoms with van der Waals surface area (Å²) >= 11 is 0. The molecule has 2 aromatic carbocycles. The first-order valence-corrected chi connectivity index (χ1v) is 7.75. The zero-order chi connectivity index (χ0) is 17.4. The average molecular weight is 332 g/mol. The predicted octanol–water partition coefficient (Wildman–Crippen LogP) is 2.48. The number of anilines is 2. The van der Waals surface area contributed by atoms with Crippen molar-refractivity contribution in [1.29, 1.82) is 0 Å². The topological polar surface area (TPSA) is 127 Å². The lowest BCUT2D eigenvalue weighted by Crippen LogP contribution is -1.99. The van der Waals surface area contributed by atoms with Crippen molar-refractivity contribution >= 4 is 22.9 Å². The number of H-pyrrole nitrogens is 1. The third-order valence-electron chi connectivity index (χ3n) is 3.98. The number of aromatic nitrogens is 4. The van der Waals surface area contributed by atoms with Gasteiger partial charge in [-0.3, -0.25) is 0 Å². The number of imidazole rings is 1. The van der Waals surface area contributed by atoms with Gasteiger partial charge in [-0.15, -0.1) is 0 Å². The Morgan fingerprint density at radius 3 is 2.44 bits per heavy atom. The molecule has 124 valence electrons. The zero-order valence-electron chi connectivity index (χ0n) is 13.3. The number of rotatable bonds is 3. The number of phenols is 1. The number of benzene rings is 2. The van der Waals surface area contributed by atoms with Crippen LogP contribution in [0.3, 0.4) is 0 Å². The molecule has 4 aromatic rings. The first kappa shape index (κ1) is 14.9. The van der Waals surface area contributed by atoms with E-state index in [-0.39, 0.29) is 17.5 Å². The quantitative estimate of drug-likeness (QED) is 0.456. The lowest BCUT2D eigenvalue weighted by atomic mass is 10.0. The molecule has 0 fully saturated rings. The minimum absolute atomic E-state index is 0.118. The van der Waals surface area contributed by atoms with Gasteiger partial charge in [0.1, 0.15) is 11.6 Å². The summed E-state index contributed by atoms with van der Waals surface area (Å²) in [7, 11) is 0.